The Morgan fingerprint density at radius 3 is 2.59 bits per heavy atom. The van der Waals surface area contributed by atoms with Crippen LogP contribution in [0.25, 0.3) is 0 Å². The van der Waals surface area contributed by atoms with Crippen LogP contribution in [0.1, 0.15) is 20.8 Å². The Hall–Kier alpha value is -2.11. The highest BCUT2D eigenvalue weighted by molar-refractivity contribution is 5.69. The summed E-state index contributed by atoms with van der Waals surface area (Å²) < 4.78 is 36.9. The van der Waals surface area contributed by atoms with Gasteiger partial charge >= 0.3 is 6.09 Å². The van der Waals surface area contributed by atoms with Crippen LogP contribution in [0.4, 0.5) is 13.6 Å². The van der Waals surface area contributed by atoms with Crippen molar-refractivity contribution in [1.29, 1.82) is 0 Å². The fraction of sp³-hybridized carbons (Fsp3) is 0.438. The van der Waals surface area contributed by atoms with Crippen LogP contribution in [-0.4, -0.2) is 35.8 Å². The molecule has 120 valence electrons. The maximum Gasteiger partial charge on any atom is 0.410 e. The average molecular weight is 311 g/mol. The van der Waals surface area contributed by atoms with Crippen molar-refractivity contribution in [2.45, 2.75) is 32.5 Å². The number of carbonyl (C=O) groups is 1. The van der Waals surface area contributed by atoms with E-state index in [2.05, 4.69) is 6.58 Å². The minimum absolute atomic E-state index is 0.191. The Labute approximate surface area is 128 Å². The highest BCUT2D eigenvalue weighted by atomic mass is 19.2. The van der Waals surface area contributed by atoms with Gasteiger partial charge in [-0.2, -0.15) is 0 Å². The number of carbonyl (C=O) groups excluding carboxylic acids is 1. The molecule has 0 aliphatic carbocycles. The molecule has 0 aromatic heterocycles. The van der Waals surface area contributed by atoms with Gasteiger partial charge in [-0.3, -0.25) is 0 Å². The van der Waals surface area contributed by atoms with Gasteiger partial charge in [0.2, 0.25) is 0 Å². The summed E-state index contributed by atoms with van der Waals surface area (Å²) in [4.78, 5) is 13.5. The molecule has 1 saturated heterocycles. The summed E-state index contributed by atoms with van der Waals surface area (Å²) in [5, 5.41) is 0. The predicted molar refractivity (Wildman–Crippen MR) is 77.7 cm³/mol. The van der Waals surface area contributed by atoms with Crippen LogP contribution >= 0.6 is 0 Å². The van der Waals surface area contributed by atoms with E-state index in [1.807, 2.05) is 0 Å². The van der Waals surface area contributed by atoms with Gasteiger partial charge in [-0.1, -0.05) is 6.58 Å². The molecule has 2 rings (SSSR count). The lowest BCUT2D eigenvalue weighted by Crippen LogP contribution is -2.36. The molecule has 0 bridgehead atoms. The number of nitrogens with zero attached hydrogens (tertiary/aromatic N) is 1. The summed E-state index contributed by atoms with van der Waals surface area (Å²) >= 11 is 0. The number of amides is 1. The zero-order valence-electron chi connectivity index (χ0n) is 12.9. The van der Waals surface area contributed by atoms with E-state index in [4.69, 9.17) is 9.47 Å². The van der Waals surface area contributed by atoms with E-state index in [1.165, 1.54) is 11.0 Å². The average Bonchev–Trinajstić information content (AvgIpc) is 2.74. The van der Waals surface area contributed by atoms with Gasteiger partial charge < -0.3 is 14.4 Å². The standard InChI is InChI=1S/C16H19F2NO3/c1-10-8-19(15(20)22-16(2,3)4)9-14(10)21-11-5-6-12(17)13(18)7-11/h5-7,14H,1,8-9H2,2-4H3. The van der Waals surface area contributed by atoms with Crippen molar-refractivity contribution in [3.05, 3.63) is 42.0 Å². The van der Waals surface area contributed by atoms with E-state index in [0.29, 0.717) is 12.1 Å². The van der Waals surface area contributed by atoms with Gasteiger partial charge in [0, 0.05) is 12.6 Å². The van der Waals surface area contributed by atoms with E-state index < -0.39 is 29.4 Å². The van der Waals surface area contributed by atoms with Crippen molar-refractivity contribution in [1.82, 2.24) is 4.90 Å². The quantitative estimate of drug-likeness (QED) is 0.785. The number of hydrogen-bond acceptors (Lipinski definition) is 3. The normalized spacial score (nSPS) is 18.5. The molecule has 0 radical (unpaired) electrons. The molecular formula is C16H19F2NO3. The van der Waals surface area contributed by atoms with Gasteiger partial charge in [0.05, 0.1) is 6.54 Å². The Kier molecular flexibility index (Phi) is 4.39. The summed E-state index contributed by atoms with van der Waals surface area (Å²) in [6.07, 6.45) is -0.928. The molecular weight excluding hydrogens is 292 g/mol. The number of hydrogen-bond donors (Lipinski definition) is 0. The van der Waals surface area contributed by atoms with Crippen molar-refractivity contribution in [3.63, 3.8) is 0 Å². The molecule has 1 heterocycles. The van der Waals surface area contributed by atoms with Crippen molar-refractivity contribution < 1.29 is 23.0 Å². The Morgan fingerprint density at radius 2 is 2.00 bits per heavy atom. The van der Waals surface area contributed by atoms with E-state index in [0.717, 1.165) is 12.1 Å². The third kappa shape index (κ3) is 3.96. The second-order valence-electron chi connectivity index (χ2n) is 6.20. The zero-order chi connectivity index (χ0) is 16.5. The van der Waals surface area contributed by atoms with Crippen molar-refractivity contribution in [3.8, 4) is 5.75 Å². The predicted octanol–water partition coefficient (Wildman–Crippen LogP) is 3.52. The molecule has 6 heteroatoms. The summed E-state index contributed by atoms with van der Waals surface area (Å²) in [5.41, 5.74) is 0.0906. The molecule has 1 aromatic carbocycles. The Balaban J connectivity index is 2.00. The van der Waals surface area contributed by atoms with Crippen LogP contribution in [0, 0.1) is 11.6 Å². The topological polar surface area (TPSA) is 38.8 Å². The second kappa shape index (κ2) is 5.94. The molecule has 22 heavy (non-hydrogen) atoms. The smallest absolute Gasteiger partial charge is 0.410 e. The molecule has 0 saturated carbocycles. The molecule has 1 fully saturated rings. The van der Waals surface area contributed by atoms with E-state index in [9.17, 15) is 13.6 Å². The van der Waals surface area contributed by atoms with Crippen molar-refractivity contribution in [2.75, 3.05) is 13.1 Å². The molecule has 4 nitrogen and oxygen atoms in total. The van der Waals surface area contributed by atoms with Gasteiger partial charge in [-0.15, -0.1) is 0 Å². The fourth-order valence-corrected chi connectivity index (χ4v) is 2.04. The fourth-order valence-electron chi connectivity index (χ4n) is 2.04. The molecule has 1 atom stereocenters. The van der Waals surface area contributed by atoms with Crippen molar-refractivity contribution in [2.24, 2.45) is 0 Å². The first-order valence-corrected chi connectivity index (χ1v) is 6.93. The van der Waals surface area contributed by atoms with Crippen LogP contribution in [0.15, 0.2) is 30.4 Å². The monoisotopic (exact) mass is 311 g/mol. The molecule has 1 amide bonds. The van der Waals surface area contributed by atoms with Crippen LogP contribution in [-0.2, 0) is 4.74 Å². The van der Waals surface area contributed by atoms with Gasteiger partial charge in [-0.25, -0.2) is 13.6 Å². The van der Waals surface area contributed by atoms with E-state index in [-0.39, 0.29) is 12.3 Å². The Bertz CT molecular complexity index is 596. The zero-order valence-corrected chi connectivity index (χ0v) is 12.9. The van der Waals surface area contributed by atoms with Gasteiger partial charge in [-0.05, 0) is 38.5 Å². The largest absolute Gasteiger partial charge is 0.484 e. The van der Waals surface area contributed by atoms with Gasteiger partial charge in [0.15, 0.2) is 11.6 Å². The lowest BCUT2D eigenvalue weighted by atomic mass is 10.2. The van der Waals surface area contributed by atoms with E-state index in [1.54, 1.807) is 20.8 Å². The first kappa shape index (κ1) is 16.3. The van der Waals surface area contributed by atoms with Gasteiger partial charge in [0.25, 0.3) is 0 Å². The first-order chi connectivity index (χ1) is 10.2. The maximum absolute atomic E-state index is 13.2. The maximum atomic E-state index is 13.2. The number of ether oxygens (including phenoxy) is 2. The lowest BCUT2D eigenvalue weighted by molar-refractivity contribution is 0.0276. The van der Waals surface area contributed by atoms with Gasteiger partial charge in [0.1, 0.15) is 17.5 Å². The molecule has 0 N–H and O–H groups in total. The minimum Gasteiger partial charge on any atom is -0.484 e. The first-order valence-electron chi connectivity index (χ1n) is 6.93. The molecule has 1 aliphatic rings. The van der Waals surface area contributed by atoms with Crippen LogP contribution < -0.4 is 4.74 Å². The molecule has 0 spiro atoms. The SMILES string of the molecule is C=C1CN(C(=O)OC(C)(C)C)CC1Oc1ccc(F)c(F)c1. The number of halogens is 2. The highest BCUT2D eigenvalue weighted by Crippen LogP contribution is 2.24. The van der Waals surface area contributed by atoms with Crippen LogP contribution in [0.3, 0.4) is 0 Å². The van der Waals surface area contributed by atoms with Crippen LogP contribution in [0.5, 0.6) is 5.75 Å². The van der Waals surface area contributed by atoms with Crippen LogP contribution in [0.2, 0.25) is 0 Å². The van der Waals surface area contributed by atoms with Crippen molar-refractivity contribution >= 4 is 6.09 Å². The molecule has 1 aliphatic heterocycles. The third-order valence-corrected chi connectivity index (χ3v) is 3.06. The second-order valence-corrected chi connectivity index (χ2v) is 6.20. The summed E-state index contributed by atoms with van der Waals surface area (Å²) in [5.74, 6) is -1.73. The Morgan fingerprint density at radius 1 is 1.32 bits per heavy atom. The lowest BCUT2D eigenvalue weighted by Gasteiger charge is -2.24. The summed E-state index contributed by atoms with van der Waals surface area (Å²) in [6, 6.07) is 3.30. The molecule has 1 aromatic rings. The van der Waals surface area contributed by atoms with E-state index >= 15 is 0 Å². The number of rotatable bonds is 2. The third-order valence-electron chi connectivity index (χ3n) is 3.06. The number of benzene rings is 1. The minimum atomic E-state index is -0.981. The highest BCUT2D eigenvalue weighted by Gasteiger charge is 2.33. The summed E-state index contributed by atoms with van der Waals surface area (Å²) in [6.45, 7) is 9.77. The molecule has 1 unspecified atom stereocenters. The summed E-state index contributed by atoms with van der Waals surface area (Å²) in [7, 11) is 0. The number of likely N-dealkylation sites (tertiary alicyclic amines) is 1.